The third-order valence-corrected chi connectivity index (χ3v) is 10.7. The van der Waals surface area contributed by atoms with E-state index in [9.17, 15) is 13.2 Å². The largest absolute Gasteiger partial charge is 0.345 e. The van der Waals surface area contributed by atoms with Crippen LogP contribution in [0.5, 0.6) is 0 Å². The Morgan fingerprint density at radius 2 is 1.61 bits per heavy atom. The normalized spacial score (nSPS) is 17.8. The van der Waals surface area contributed by atoms with E-state index in [1.54, 1.807) is 42.6 Å². The van der Waals surface area contributed by atoms with Gasteiger partial charge in [0.1, 0.15) is 0 Å². The Bertz CT molecular complexity index is 1310. The molecule has 36 heavy (non-hydrogen) atoms. The number of rotatable bonds is 5. The molecule has 2 aromatic carbocycles. The molecule has 192 valence electrons. The van der Waals surface area contributed by atoms with Crippen LogP contribution in [0.4, 0.5) is 5.13 Å². The predicted molar refractivity (Wildman–Crippen MR) is 145 cm³/mol. The second-order valence-corrected chi connectivity index (χ2v) is 13.0. The van der Waals surface area contributed by atoms with Gasteiger partial charge in [-0.1, -0.05) is 30.6 Å². The summed E-state index contributed by atoms with van der Waals surface area (Å²) in [6, 6.07) is 10.8. The van der Waals surface area contributed by atoms with Crippen molar-refractivity contribution < 1.29 is 13.2 Å². The third-order valence-electron chi connectivity index (χ3n) is 7.70. The van der Waals surface area contributed by atoms with Crippen molar-refractivity contribution in [2.24, 2.45) is 0 Å². The van der Waals surface area contributed by atoms with E-state index in [-0.39, 0.29) is 16.8 Å². The molecule has 1 amide bonds. The van der Waals surface area contributed by atoms with Crippen molar-refractivity contribution in [2.45, 2.75) is 56.9 Å². The molecule has 9 heteroatoms. The number of piperazine rings is 1. The summed E-state index contributed by atoms with van der Waals surface area (Å²) in [6.45, 7) is 6.89. The minimum absolute atomic E-state index is 0.0600. The zero-order chi connectivity index (χ0) is 25.4. The van der Waals surface area contributed by atoms with Crippen LogP contribution in [0.25, 0.3) is 10.2 Å². The van der Waals surface area contributed by atoms with E-state index in [0.29, 0.717) is 18.7 Å². The minimum atomic E-state index is -3.56. The van der Waals surface area contributed by atoms with Gasteiger partial charge in [-0.15, -0.1) is 0 Å². The Morgan fingerprint density at radius 3 is 2.28 bits per heavy atom. The van der Waals surface area contributed by atoms with Crippen molar-refractivity contribution in [3.05, 3.63) is 53.1 Å². The number of fused-ring (bicyclic) bond motifs is 1. The summed E-state index contributed by atoms with van der Waals surface area (Å²) in [5, 5.41) is 0.999. The highest BCUT2D eigenvalue weighted by atomic mass is 32.2. The van der Waals surface area contributed by atoms with Gasteiger partial charge < -0.3 is 9.80 Å². The van der Waals surface area contributed by atoms with Gasteiger partial charge in [0, 0.05) is 44.8 Å². The maximum atomic E-state index is 13.1. The van der Waals surface area contributed by atoms with Crippen LogP contribution in [0.15, 0.2) is 41.3 Å². The summed E-state index contributed by atoms with van der Waals surface area (Å²) in [6.07, 6.45) is 5.14. The van der Waals surface area contributed by atoms with Crippen molar-refractivity contribution in [3.63, 3.8) is 0 Å². The second kappa shape index (κ2) is 10.1. The number of sulfonamides is 1. The van der Waals surface area contributed by atoms with Gasteiger partial charge >= 0.3 is 0 Å². The molecule has 0 bridgehead atoms. The van der Waals surface area contributed by atoms with Crippen LogP contribution in [0.1, 0.15) is 53.6 Å². The van der Waals surface area contributed by atoms with E-state index in [4.69, 9.17) is 4.98 Å². The van der Waals surface area contributed by atoms with Crippen LogP contribution >= 0.6 is 11.3 Å². The molecule has 7 nitrogen and oxygen atoms in total. The van der Waals surface area contributed by atoms with Gasteiger partial charge in [0.25, 0.3) is 5.91 Å². The first-order chi connectivity index (χ1) is 17.2. The topological polar surface area (TPSA) is 73.8 Å². The average molecular weight is 527 g/mol. The molecule has 3 aromatic rings. The first-order valence-electron chi connectivity index (χ1n) is 12.7. The van der Waals surface area contributed by atoms with Gasteiger partial charge in [-0.3, -0.25) is 4.79 Å². The molecular formula is C27H34N4O3S2. The Labute approximate surface area is 217 Å². The molecule has 0 spiro atoms. The highest BCUT2D eigenvalue weighted by molar-refractivity contribution is 7.89. The van der Waals surface area contributed by atoms with Crippen molar-refractivity contribution in [1.82, 2.24) is 14.2 Å². The summed E-state index contributed by atoms with van der Waals surface area (Å²) >= 11 is 1.70. The first-order valence-corrected chi connectivity index (χ1v) is 15.0. The molecule has 1 saturated heterocycles. The molecule has 1 aliphatic heterocycles. The fourth-order valence-electron chi connectivity index (χ4n) is 5.16. The molecule has 0 radical (unpaired) electrons. The molecule has 0 unspecified atom stereocenters. The number of benzene rings is 2. The summed E-state index contributed by atoms with van der Waals surface area (Å²) < 4.78 is 28.9. The molecule has 2 aliphatic rings. The van der Waals surface area contributed by atoms with Crippen LogP contribution in [0.2, 0.25) is 0 Å². The number of carbonyl (C=O) groups is 1. The number of nitrogens with zero attached hydrogens (tertiary/aromatic N) is 4. The summed E-state index contributed by atoms with van der Waals surface area (Å²) in [5.41, 5.74) is 4.07. The standard InChI is InChI=1S/C27H34N4O3S2/c1-19-17-24-25(18-20(19)2)35-27(28-24)31-15-13-30(14-16-31)26(32)21-9-11-23(12-10-21)36(33,34)29(3)22-7-5-4-6-8-22/h9-12,17-18,22H,4-8,13-16H2,1-3H3. The van der Waals surface area contributed by atoms with Crippen molar-refractivity contribution in [1.29, 1.82) is 0 Å². The van der Waals surface area contributed by atoms with Crippen LogP contribution in [0, 0.1) is 13.8 Å². The number of thiazole rings is 1. The molecule has 2 heterocycles. The first kappa shape index (κ1) is 25.2. The van der Waals surface area contributed by atoms with Crippen LogP contribution in [0.3, 0.4) is 0 Å². The molecule has 2 fully saturated rings. The van der Waals surface area contributed by atoms with E-state index >= 15 is 0 Å². The quantitative estimate of drug-likeness (QED) is 0.476. The lowest BCUT2D eigenvalue weighted by Gasteiger charge is -2.34. The number of hydrogen-bond acceptors (Lipinski definition) is 6. The Morgan fingerprint density at radius 1 is 0.972 bits per heavy atom. The molecular weight excluding hydrogens is 492 g/mol. The van der Waals surface area contributed by atoms with E-state index in [1.165, 1.54) is 26.6 Å². The third kappa shape index (κ3) is 4.88. The molecule has 5 rings (SSSR count). The van der Waals surface area contributed by atoms with Crippen molar-refractivity contribution in [3.8, 4) is 0 Å². The fraction of sp³-hybridized carbons (Fsp3) is 0.481. The number of aryl methyl sites for hydroxylation is 2. The maximum absolute atomic E-state index is 13.1. The number of hydrogen-bond donors (Lipinski definition) is 0. The van der Waals surface area contributed by atoms with Gasteiger partial charge in [0.15, 0.2) is 5.13 Å². The molecule has 1 aromatic heterocycles. The SMILES string of the molecule is Cc1cc2nc(N3CCN(C(=O)c4ccc(S(=O)(=O)N(C)C5CCCCC5)cc4)CC3)sc2cc1C. The zero-order valence-electron chi connectivity index (χ0n) is 21.2. The number of anilines is 1. The molecule has 0 N–H and O–H groups in total. The van der Waals surface area contributed by atoms with Gasteiger partial charge in [-0.25, -0.2) is 13.4 Å². The van der Waals surface area contributed by atoms with Crippen LogP contribution < -0.4 is 4.90 Å². The smallest absolute Gasteiger partial charge is 0.253 e. The van der Waals surface area contributed by atoms with Crippen molar-refractivity contribution in [2.75, 3.05) is 38.1 Å². The minimum Gasteiger partial charge on any atom is -0.345 e. The lowest BCUT2D eigenvalue weighted by Crippen LogP contribution is -2.48. The second-order valence-electron chi connectivity index (χ2n) is 10.0. The van der Waals surface area contributed by atoms with Gasteiger partial charge in [0.05, 0.1) is 15.1 Å². The summed E-state index contributed by atoms with van der Waals surface area (Å²) in [7, 11) is -1.89. The van der Waals surface area contributed by atoms with Gasteiger partial charge in [-0.05, 0) is 74.2 Å². The Hall–Kier alpha value is -2.49. The van der Waals surface area contributed by atoms with E-state index < -0.39 is 10.0 Å². The monoisotopic (exact) mass is 526 g/mol. The number of amides is 1. The highest BCUT2D eigenvalue weighted by Crippen LogP contribution is 2.31. The van der Waals surface area contributed by atoms with E-state index in [0.717, 1.165) is 49.4 Å². The van der Waals surface area contributed by atoms with Gasteiger partial charge in [-0.2, -0.15) is 4.31 Å². The lowest BCUT2D eigenvalue weighted by molar-refractivity contribution is 0.0746. The predicted octanol–water partition coefficient (Wildman–Crippen LogP) is 4.83. The molecule has 0 atom stereocenters. The van der Waals surface area contributed by atoms with Crippen LogP contribution in [-0.2, 0) is 10.0 Å². The average Bonchev–Trinajstić information content (AvgIpc) is 3.31. The van der Waals surface area contributed by atoms with E-state index in [1.807, 2.05) is 4.90 Å². The fourth-order valence-corrected chi connectivity index (χ4v) is 7.68. The van der Waals surface area contributed by atoms with Gasteiger partial charge in [0.2, 0.25) is 10.0 Å². The number of aromatic nitrogens is 1. The Balaban J connectivity index is 1.22. The number of carbonyl (C=O) groups excluding carboxylic acids is 1. The molecule has 1 aliphatic carbocycles. The zero-order valence-corrected chi connectivity index (χ0v) is 22.9. The highest BCUT2D eigenvalue weighted by Gasteiger charge is 2.30. The lowest BCUT2D eigenvalue weighted by atomic mass is 9.96. The Kier molecular flexibility index (Phi) is 7.07. The van der Waals surface area contributed by atoms with Crippen molar-refractivity contribution >= 4 is 42.6 Å². The summed E-state index contributed by atoms with van der Waals surface area (Å²) in [4.78, 5) is 22.3. The van der Waals surface area contributed by atoms with E-state index in [2.05, 4.69) is 30.9 Å². The maximum Gasteiger partial charge on any atom is 0.253 e. The van der Waals surface area contributed by atoms with Crippen LogP contribution in [-0.4, -0.2) is 67.8 Å². The summed E-state index contributed by atoms with van der Waals surface area (Å²) in [5.74, 6) is -0.0604. The molecule has 1 saturated carbocycles.